The zero-order chi connectivity index (χ0) is 16.3. The lowest BCUT2D eigenvalue weighted by molar-refractivity contribution is -0.144. The molecule has 0 bridgehead atoms. The molecule has 0 aromatic carbocycles. The Bertz CT molecular complexity index is 461. The lowest BCUT2D eigenvalue weighted by atomic mass is 9.72. The molecular formula is C15H25N3O3S. The van der Waals surface area contributed by atoms with Crippen LogP contribution in [0.3, 0.4) is 0 Å². The summed E-state index contributed by atoms with van der Waals surface area (Å²) in [6.45, 7) is 4.01. The van der Waals surface area contributed by atoms with Crippen LogP contribution in [0.4, 0.5) is 0 Å². The normalized spacial score (nSPS) is 22.7. The van der Waals surface area contributed by atoms with Crippen LogP contribution in [0.2, 0.25) is 0 Å². The molecular weight excluding hydrogens is 302 g/mol. The minimum Gasteiger partial charge on any atom is -0.368 e. The van der Waals surface area contributed by atoms with E-state index in [9.17, 15) is 14.4 Å². The van der Waals surface area contributed by atoms with Crippen LogP contribution in [-0.2, 0) is 14.4 Å². The van der Waals surface area contributed by atoms with Crippen LogP contribution in [0, 0.1) is 5.41 Å². The van der Waals surface area contributed by atoms with E-state index in [2.05, 4.69) is 0 Å². The molecule has 0 aromatic rings. The zero-order valence-corrected chi connectivity index (χ0v) is 14.2. The highest BCUT2D eigenvalue weighted by molar-refractivity contribution is 7.99. The van der Waals surface area contributed by atoms with Gasteiger partial charge in [-0.25, -0.2) is 0 Å². The van der Waals surface area contributed by atoms with Crippen molar-refractivity contribution in [2.24, 2.45) is 11.1 Å². The van der Waals surface area contributed by atoms with Crippen molar-refractivity contribution in [3.05, 3.63) is 0 Å². The fourth-order valence-corrected chi connectivity index (χ4v) is 3.75. The van der Waals surface area contributed by atoms with Gasteiger partial charge in [0.1, 0.15) is 0 Å². The number of rotatable bonds is 4. The Labute approximate surface area is 135 Å². The topological polar surface area (TPSA) is 83.7 Å². The Morgan fingerprint density at radius 1 is 1.32 bits per heavy atom. The highest BCUT2D eigenvalue weighted by Gasteiger charge is 2.42. The predicted molar refractivity (Wildman–Crippen MR) is 86.2 cm³/mol. The summed E-state index contributed by atoms with van der Waals surface area (Å²) >= 11 is 1.57. The monoisotopic (exact) mass is 327 g/mol. The number of carbonyl (C=O) groups is 3. The Morgan fingerprint density at radius 2 is 1.95 bits per heavy atom. The second kappa shape index (κ2) is 6.89. The molecule has 0 aromatic heterocycles. The molecule has 2 rings (SSSR count). The minimum atomic E-state index is -0.466. The summed E-state index contributed by atoms with van der Waals surface area (Å²) in [5, 5.41) is -0.00616. The number of hydrogen-bond donors (Lipinski definition) is 1. The smallest absolute Gasteiger partial charge is 0.237 e. The summed E-state index contributed by atoms with van der Waals surface area (Å²) in [5.41, 5.74) is 5.27. The SMILES string of the molecule is CS[C@@H](C)C(=O)N1CCC2(CCC(=O)N(CC(N)=O)C2)CC1. The van der Waals surface area contributed by atoms with Crippen LogP contribution in [0.1, 0.15) is 32.6 Å². The van der Waals surface area contributed by atoms with Gasteiger partial charge in [0.05, 0.1) is 11.8 Å². The minimum absolute atomic E-state index is 0.00616. The Hall–Kier alpha value is -1.24. The number of piperidine rings is 2. The second-order valence-electron chi connectivity index (χ2n) is 6.42. The van der Waals surface area contributed by atoms with Gasteiger partial charge in [-0.2, -0.15) is 11.8 Å². The highest BCUT2D eigenvalue weighted by atomic mass is 32.2. The molecule has 2 heterocycles. The predicted octanol–water partition coefficient (Wildman–Crippen LogP) is 0.454. The number of hydrogen-bond acceptors (Lipinski definition) is 4. The molecule has 2 saturated heterocycles. The van der Waals surface area contributed by atoms with E-state index in [1.807, 2.05) is 18.1 Å². The van der Waals surface area contributed by atoms with Crippen molar-refractivity contribution in [1.82, 2.24) is 9.80 Å². The molecule has 2 aliphatic heterocycles. The summed E-state index contributed by atoms with van der Waals surface area (Å²) in [6.07, 6.45) is 5.05. The molecule has 2 aliphatic rings. The van der Waals surface area contributed by atoms with E-state index in [1.54, 1.807) is 16.7 Å². The van der Waals surface area contributed by atoms with Crippen LogP contribution in [-0.4, -0.2) is 65.2 Å². The molecule has 0 aliphatic carbocycles. The maximum atomic E-state index is 12.2. The first-order chi connectivity index (χ1) is 10.4. The number of primary amides is 1. The lowest BCUT2D eigenvalue weighted by Gasteiger charge is -2.47. The van der Waals surface area contributed by atoms with E-state index in [0.29, 0.717) is 13.0 Å². The third-order valence-corrected chi connectivity index (χ3v) is 5.84. The fraction of sp³-hybridized carbons (Fsp3) is 0.800. The van der Waals surface area contributed by atoms with Gasteiger partial charge in [-0.3, -0.25) is 14.4 Å². The Kier molecular flexibility index (Phi) is 5.36. The summed E-state index contributed by atoms with van der Waals surface area (Å²) in [6, 6.07) is 0. The number of likely N-dealkylation sites (tertiary alicyclic amines) is 2. The van der Waals surface area contributed by atoms with Crippen LogP contribution in [0.25, 0.3) is 0 Å². The summed E-state index contributed by atoms with van der Waals surface area (Å²) < 4.78 is 0. The van der Waals surface area contributed by atoms with Gasteiger partial charge in [-0.1, -0.05) is 0 Å². The third-order valence-electron chi connectivity index (χ3n) is 4.93. The van der Waals surface area contributed by atoms with Crippen molar-refractivity contribution >= 4 is 29.5 Å². The van der Waals surface area contributed by atoms with E-state index in [0.717, 1.165) is 32.4 Å². The molecule has 22 heavy (non-hydrogen) atoms. The highest BCUT2D eigenvalue weighted by Crippen LogP contribution is 2.40. The summed E-state index contributed by atoms with van der Waals surface area (Å²) in [5.74, 6) is -0.256. The number of nitrogens with zero attached hydrogens (tertiary/aromatic N) is 2. The quantitative estimate of drug-likeness (QED) is 0.813. The molecule has 1 atom stereocenters. The first kappa shape index (κ1) is 17.1. The first-order valence-electron chi connectivity index (χ1n) is 7.74. The van der Waals surface area contributed by atoms with E-state index < -0.39 is 5.91 Å². The molecule has 0 saturated carbocycles. The molecule has 0 unspecified atom stereocenters. The first-order valence-corrected chi connectivity index (χ1v) is 9.03. The average molecular weight is 327 g/mol. The van der Waals surface area contributed by atoms with Gasteiger partial charge in [-0.05, 0) is 37.9 Å². The number of thioether (sulfide) groups is 1. The van der Waals surface area contributed by atoms with E-state index in [-0.39, 0.29) is 29.0 Å². The molecule has 6 nitrogen and oxygen atoms in total. The molecule has 0 radical (unpaired) electrons. The van der Waals surface area contributed by atoms with Gasteiger partial charge in [-0.15, -0.1) is 0 Å². The van der Waals surface area contributed by atoms with Crippen molar-refractivity contribution < 1.29 is 14.4 Å². The van der Waals surface area contributed by atoms with Gasteiger partial charge >= 0.3 is 0 Å². The van der Waals surface area contributed by atoms with Gasteiger partial charge in [0.2, 0.25) is 17.7 Å². The van der Waals surface area contributed by atoms with Crippen molar-refractivity contribution in [3.8, 4) is 0 Å². The number of amides is 3. The molecule has 2 fully saturated rings. The van der Waals surface area contributed by atoms with Crippen molar-refractivity contribution in [2.45, 2.75) is 37.9 Å². The molecule has 124 valence electrons. The molecule has 7 heteroatoms. The maximum Gasteiger partial charge on any atom is 0.237 e. The molecule has 2 N–H and O–H groups in total. The van der Waals surface area contributed by atoms with Gasteiger partial charge in [0.25, 0.3) is 0 Å². The van der Waals surface area contributed by atoms with Crippen molar-refractivity contribution in [2.75, 3.05) is 32.4 Å². The average Bonchev–Trinajstić information content (AvgIpc) is 2.50. The van der Waals surface area contributed by atoms with E-state index >= 15 is 0 Å². The van der Waals surface area contributed by atoms with E-state index in [1.165, 1.54) is 0 Å². The zero-order valence-electron chi connectivity index (χ0n) is 13.3. The van der Waals surface area contributed by atoms with Gasteiger partial charge in [0, 0.05) is 26.1 Å². The van der Waals surface area contributed by atoms with Crippen LogP contribution in [0.5, 0.6) is 0 Å². The lowest BCUT2D eigenvalue weighted by Crippen LogP contribution is -2.54. The Morgan fingerprint density at radius 3 is 2.50 bits per heavy atom. The van der Waals surface area contributed by atoms with E-state index in [4.69, 9.17) is 5.73 Å². The maximum absolute atomic E-state index is 12.2. The van der Waals surface area contributed by atoms with Crippen molar-refractivity contribution in [1.29, 1.82) is 0 Å². The molecule has 3 amide bonds. The summed E-state index contributed by atoms with van der Waals surface area (Å²) in [7, 11) is 0. The third kappa shape index (κ3) is 3.74. The number of carbonyl (C=O) groups excluding carboxylic acids is 3. The summed E-state index contributed by atoms with van der Waals surface area (Å²) in [4.78, 5) is 38.8. The van der Waals surface area contributed by atoms with Crippen molar-refractivity contribution in [3.63, 3.8) is 0 Å². The Balaban J connectivity index is 1.96. The largest absolute Gasteiger partial charge is 0.368 e. The van der Waals surface area contributed by atoms with Crippen LogP contribution >= 0.6 is 11.8 Å². The number of nitrogens with two attached hydrogens (primary N) is 1. The standard InChI is InChI=1S/C15H25N3O3S/c1-11(22-2)14(21)17-7-5-15(6-8-17)4-3-13(20)18(10-15)9-12(16)19/h11H,3-10H2,1-2H3,(H2,16,19)/t11-/m0/s1. The van der Waals surface area contributed by atoms with Crippen LogP contribution < -0.4 is 5.73 Å². The van der Waals surface area contributed by atoms with Crippen LogP contribution in [0.15, 0.2) is 0 Å². The molecule has 1 spiro atoms. The second-order valence-corrected chi connectivity index (χ2v) is 7.60. The van der Waals surface area contributed by atoms with Gasteiger partial charge < -0.3 is 15.5 Å². The van der Waals surface area contributed by atoms with Gasteiger partial charge in [0.15, 0.2) is 0 Å². The fourth-order valence-electron chi connectivity index (χ4n) is 3.40.